The molecule has 0 bridgehead atoms. The van der Waals surface area contributed by atoms with Gasteiger partial charge in [-0.2, -0.15) is 0 Å². The molecule has 0 amide bonds. The first-order chi connectivity index (χ1) is 7.36. The van der Waals surface area contributed by atoms with Gasteiger partial charge < -0.3 is 10.1 Å². The Morgan fingerprint density at radius 3 is 3.00 bits per heavy atom. The molecule has 1 aromatic rings. The van der Waals surface area contributed by atoms with Crippen LogP contribution in [0.3, 0.4) is 0 Å². The van der Waals surface area contributed by atoms with Gasteiger partial charge in [0.1, 0.15) is 5.75 Å². The van der Waals surface area contributed by atoms with Gasteiger partial charge in [-0.3, -0.25) is 0 Å². The van der Waals surface area contributed by atoms with Crippen LogP contribution in [0.1, 0.15) is 12.0 Å². The SMILES string of the molecule is C#CCCNCCc1cccc(OC)c1. The van der Waals surface area contributed by atoms with E-state index in [1.54, 1.807) is 7.11 Å². The molecule has 0 unspecified atom stereocenters. The molecule has 0 aliphatic rings. The van der Waals surface area contributed by atoms with Crippen molar-refractivity contribution in [1.29, 1.82) is 0 Å². The maximum atomic E-state index is 5.15. The molecule has 2 nitrogen and oxygen atoms in total. The van der Waals surface area contributed by atoms with Gasteiger partial charge in [-0.1, -0.05) is 12.1 Å². The molecule has 0 aromatic heterocycles. The van der Waals surface area contributed by atoms with E-state index in [1.807, 2.05) is 12.1 Å². The van der Waals surface area contributed by atoms with E-state index in [0.717, 1.165) is 31.7 Å². The zero-order valence-electron chi connectivity index (χ0n) is 9.12. The average Bonchev–Trinajstić information content (AvgIpc) is 2.29. The third-order valence-corrected chi connectivity index (χ3v) is 2.17. The van der Waals surface area contributed by atoms with Gasteiger partial charge in [0.15, 0.2) is 0 Å². The lowest BCUT2D eigenvalue weighted by Crippen LogP contribution is -2.18. The first-order valence-corrected chi connectivity index (χ1v) is 5.14. The van der Waals surface area contributed by atoms with Crippen LogP contribution in [-0.2, 0) is 6.42 Å². The number of ether oxygens (including phenoxy) is 1. The molecule has 0 heterocycles. The lowest BCUT2D eigenvalue weighted by atomic mass is 10.1. The van der Waals surface area contributed by atoms with Gasteiger partial charge >= 0.3 is 0 Å². The van der Waals surface area contributed by atoms with Gasteiger partial charge in [-0.15, -0.1) is 12.3 Å². The second-order valence-corrected chi connectivity index (χ2v) is 3.31. The Morgan fingerprint density at radius 2 is 2.27 bits per heavy atom. The van der Waals surface area contributed by atoms with E-state index < -0.39 is 0 Å². The molecule has 0 aliphatic heterocycles. The van der Waals surface area contributed by atoms with Crippen LogP contribution in [0.15, 0.2) is 24.3 Å². The smallest absolute Gasteiger partial charge is 0.119 e. The second kappa shape index (κ2) is 6.92. The summed E-state index contributed by atoms with van der Waals surface area (Å²) < 4.78 is 5.15. The van der Waals surface area contributed by atoms with Crippen LogP contribution >= 0.6 is 0 Å². The van der Waals surface area contributed by atoms with Gasteiger partial charge in [0.2, 0.25) is 0 Å². The van der Waals surface area contributed by atoms with E-state index >= 15 is 0 Å². The number of terminal acetylenes is 1. The van der Waals surface area contributed by atoms with Crippen LogP contribution < -0.4 is 10.1 Å². The molecule has 1 N–H and O–H groups in total. The molecule has 0 spiro atoms. The van der Waals surface area contributed by atoms with E-state index in [0.29, 0.717) is 0 Å². The predicted octanol–water partition coefficient (Wildman–Crippen LogP) is 1.85. The zero-order valence-corrected chi connectivity index (χ0v) is 9.12. The minimum Gasteiger partial charge on any atom is -0.497 e. The van der Waals surface area contributed by atoms with Crippen LogP contribution in [0.2, 0.25) is 0 Å². The standard InChI is InChI=1S/C13H17NO/c1-3-4-9-14-10-8-12-6-5-7-13(11-12)15-2/h1,5-7,11,14H,4,8-10H2,2H3. The minimum atomic E-state index is 0.790. The normalized spacial score (nSPS) is 9.60. The summed E-state index contributed by atoms with van der Waals surface area (Å²) in [5.41, 5.74) is 1.28. The lowest BCUT2D eigenvalue weighted by molar-refractivity contribution is 0.414. The Kier molecular flexibility index (Phi) is 5.35. The highest BCUT2D eigenvalue weighted by atomic mass is 16.5. The number of hydrogen-bond acceptors (Lipinski definition) is 2. The van der Waals surface area contributed by atoms with Crippen LogP contribution in [0.5, 0.6) is 5.75 Å². The van der Waals surface area contributed by atoms with Gasteiger partial charge in [-0.25, -0.2) is 0 Å². The summed E-state index contributed by atoms with van der Waals surface area (Å²) in [6.45, 7) is 1.84. The first-order valence-electron chi connectivity index (χ1n) is 5.14. The molecule has 0 fully saturated rings. The molecule has 0 saturated carbocycles. The van der Waals surface area contributed by atoms with Crippen LogP contribution in [0.4, 0.5) is 0 Å². The van der Waals surface area contributed by atoms with Crippen molar-refractivity contribution in [1.82, 2.24) is 5.32 Å². The predicted molar refractivity (Wildman–Crippen MR) is 63.0 cm³/mol. The molecule has 0 aliphatic carbocycles. The fourth-order valence-corrected chi connectivity index (χ4v) is 1.35. The Bertz CT molecular complexity index is 328. The van der Waals surface area contributed by atoms with Crippen molar-refractivity contribution in [2.75, 3.05) is 20.2 Å². The van der Waals surface area contributed by atoms with Gasteiger partial charge in [-0.05, 0) is 30.7 Å². The van der Waals surface area contributed by atoms with Crippen molar-refractivity contribution in [2.45, 2.75) is 12.8 Å². The van der Waals surface area contributed by atoms with Crippen LogP contribution in [-0.4, -0.2) is 20.2 Å². The summed E-state index contributed by atoms with van der Waals surface area (Å²) in [6.07, 6.45) is 6.94. The molecule has 80 valence electrons. The summed E-state index contributed by atoms with van der Waals surface area (Å²) >= 11 is 0. The molecule has 1 rings (SSSR count). The maximum Gasteiger partial charge on any atom is 0.119 e. The Hall–Kier alpha value is -1.46. The number of benzene rings is 1. The van der Waals surface area contributed by atoms with Crippen molar-refractivity contribution in [3.63, 3.8) is 0 Å². The molecule has 0 radical (unpaired) electrons. The molecule has 2 heteroatoms. The highest BCUT2D eigenvalue weighted by Gasteiger charge is 1.95. The monoisotopic (exact) mass is 203 g/mol. The van der Waals surface area contributed by atoms with E-state index in [1.165, 1.54) is 5.56 Å². The highest BCUT2D eigenvalue weighted by Crippen LogP contribution is 2.12. The van der Waals surface area contributed by atoms with Gasteiger partial charge in [0.05, 0.1) is 7.11 Å². The summed E-state index contributed by atoms with van der Waals surface area (Å²) in [6, 6.07) is 8.12. The van der Waals surface area contributed by atoms with E-state index in [-0.39, 0.29) is 0 Å². The lowest BCUT2D eigenvalue weighted by Gasteiger charge is -2.05. The fraction of sp³-hybridized carbons (Fsp3) is 0.385. The van der Waals surface area contributed by atoms with Crippen molar-refractivity contribution >= 4 is 0 Å². The quantitative estimate of drug-likeness (QED) is 0.563. The molecule has 0 atom stereocenters. The van der Waals surface area contributed by atoms with Gasteiger partial charge in [0.25, 0.3) is 0 Å². The highest BCUT2D eigenvalue weighted by molar-refractivity contribution is 5.28. The average molecular weight is 203 g/mol. The number of nitrogens with one attached hydrogen (secondary N) is 1. The van der Waals surface area contributed by atoms with Gasteiger partial charge in [0, 0.05) is 13.0 Å². The van der Waals surface area contributed by atoms with Crippen LogP contribution in [0.25, 0.3) is 0 Å². The fourth-order valence-electron chi connectivity index (χ4n) is 1.35. The third kappa shape index (κ3) is 4.53. The van der Waals surface area contributed by atoms with Crippen molar-refractivity contribution in [2.24, 2.45) is 0 Å². The van der Waals surface area contributed by atoms with E-state index in [2.05, 4.69) is 23.4 Å². The topological polar surface area (TPSA) is 21.3 Å². The molecular weight excluding hydrogens is 186 g/mol. The molecule has 0 saturated heterocycles. The van der Waals surface area contributed by atoms with E-state index in [4.69, 9.17) is 11.2 Å². The largest absolute Gasteiger partial charge is 0.497 e. The first kappa shape index (κ1) is 11.6. The summed E-state index contributed by atoms with van der Waals surface area (Å²) in [5, 5.41) is 3.29. The second-order valence-electron chi connectivity index (χ2n) is 3.31. The summed E-state index contributed by atoms with van der Waals surface area (Å²) in [7, 11) is 1.68. The Labute approximate surface area is 91.6 Å². The van der Waals surface area contributed by atoms with E-state index in [9.17, 15) is 0 Å². The van der Waals surface area contributed by atoms with Crippen molar-refractivity contribution in [3.8, 4) is 18.1 Å². The molecule has 15 heavy (non-hydrogen) atoms. The van der Waals surface area contributed by atoms with Crippen molar-refractivity contribution < 1.29 is 4.74 Å². The summed E-state index contributed by atoms with van der Waals surface area (Å²) in [4.78, 5) is 0. The molecule has 1 aromatic carbocycles. The zero-order chi connectivity index (χ0) is 10.9. The number of methoxy groups -OCH3 is 1. The Balaban J connectivity index is 2.28. The minimum absolute atomic E-state index is 0.790. The molecular formula is C13H17NO. The van der Waals surface area contributed by atoms with Crippen LogP contribution in [0, 0.1) is 12.3 Å². The number of hydrogen-bond donors (Lipinski definition) is 1. The maximum absolute atomic E-state index is 5.15. The Morgan fingerprint density at radius 1 is 1.40 bits per heavy atom. The third-order valence-electron chi connectivity index (χ3n) is 2.17. The summed E-state index contributed by atoms with van der Waals surface area (Å²) in [5.74, 6) is 3.52. The number of rotatable bonds is 6. The van der Waals surface area contributed by atoms with Crippen molar-refractivity contribution in [3.05, 3.63) is 29.8 Å².